The van der Waals surface area contributed by atoms with Gasteiger partial charge in [0.05, 0.1) is 12.3 Å². The van der Waals surface area contributed by atoms with E-state index in [0.29, 0.717) is 12.8 Å². The van der Waals surface area contributed by atoms with Crippen LogP contribution in [0.25, 0.3) is 0 Å². The van der Waals surface area contributed by atoms with E-state index in [4.69, 9.17) is 0 Å². The minimum Gasteiger partial charge on any atom is -0.341 e. The molecule has 2 N–H and O–H groups in total. The SMILES string of the molecule is CCCCCCCCCCCCCCCC(=O)NC(CC)N(C)C.CCCCCCCCCCCCCCCCCC(=O)NC(C)N(C)C. The number of hydrogen-bond donors (Lipinski definition) is 2. The van der Waals surface area contributed by atoms with Gasteiger partial charge in [-0.25, -0.2) is 0 Å². The first-order chi connectivity index (χ1) is 23.7. The van der Waals surface area contributed by atoms with Crippen LogP contribution in [0, 0.1) is 0 Å². The van der Waals surface area contributed by atoms with Crippen LogP contribution in [0.5, 0.6) is 0 Å². The quantitative estimate of drug-likeness (QED) is 0.0512. The van der Waals surface area contributed by atoms with Gasteiger partial charge in [-0.3, -0.25) is 19.4 Å². The molecule has 6 nitrogen and oxygen atoms in total. The number of hydrogen-bond acceptors (Lipinski definition) is 4. The molecule has 0 spiro atoms. The van der Waals surface area contributed by atoms with Gasteiger partial charge in [0.1, 0.15) is 0 Å². The fraction of sp³-hybridized carbons (Fsp3) is 0.953. The molecule has 294 valence electrons. The van der Waals surface area contributed by atoms with Gasteiger partial charge < -0.3 is 10.6 Å². The molecule has 0 aliphatic carbocycles. The summed E-state index contributed by atoms with van der Waals surface area (Å²) in [7, 11) is 8.00. The molecule has 0 aliphatic heterocycles. The van der Waals surface area contributed by atoms with E-state index in [1.165, 1.54) is 167 Å². The van der Waals surface area contributed by atoms with Gasteiger partial charge in [0, 0.05) is 12.8 Å². The van der Waals surface area contributed by atoms with Gasteiger partial charge in [-0.2, -0.15) is 0 Å². The Labute approximate surface area is 308 Å². The molecule has 6 heteroatoms. The molecule has 2 amide bonds. The highest BCUT2D eigenvalue weighted by Crippen LogP contribution is 2.15. The van der Waals surface area contributed by atoms with E-state index < -0.39 is 0 Å². The van der Waals surface area contributed by atoms with Gasteiger partial charge in [0.2, 0.25) is 11.8 Å². The normalized spacial score (nSPS) is 12.5. The average molecular weight is 695 g/mol. The van der Waals surface area contributed by atoms with E-state index in [2.05, 4.69) is 36.3 Å². The number of carbonyl (C=O) groups excluding carboxylic acids is 2. The Hall–Kier alpha value is -1.14. The van der Waals surface area contributed by atoms with Crippen LogP contribution in [-0.2, 0) is 9.59 Å². The van der Waals surface area contributed by atoms with Crippen molar-refractivity contribution in [2.75, 3.05) is 28.2 Å². The Balaban J connectivity index is 0. The van der Waals surface area contributed by atoms with Crippen molar-refractivity contribution in [3.05, 3.63) is 0 Å². The molecule has 0 aromatic carbocycles. The van der Waals surface area contributed by atoms with Crippen LogP contribution in [0.15, 0.2) is 0 Å². The zero-order chi connectivity index (χ0) is 36.8. The third-order valence-electron chi connectivity index (χ3n) is 10.00. The summed E-state index contributed by atoms with van der Waals surface area (Å²) in [6.07, 6.45) is 40.6. The lowest BCUT2D eigenvalue weighted by atomic mass is 10.0. The summed E-state index contributed by atoms with van der Waals surface area (Å²) in [5, 5.41) is 6.11. The first-order valence-electron chi connectivity index (χ1n) is 21.6. The molecule has 0 aromatic heterocycles. The van der Waals surface area contributed by atoms with Crippen molar-refractivity contribution in [2.45, 2.75) is 239 Å². The van der Waals surface area contributed by atoms with Crippen LogP contribution in [0.4, 0.5) is 0 Å². The second-order valence-corrected chi connectivity index (χ2v) is 15.4. The van der Waals surface area contributed by atoms with E-state index in [-0.39, 0.29) is 24.1 Å². The van der Waals surface area contributed by atoms with Crippen LogP contribution >= 0.6 is 0 Å². The van der Waals surface area contributed by atoms with Gasteiger partial charge in [-0.15, -0.1) is 0 Å². The molecule has 0 heterocycles. The minimum atomic E-state index is 0.129. The summed E-state index contributed by atoms with van der Waals surface area (Å²) < 4.78 is 0. The number of nitrogens with one attached hydrogen (secondary N) is 2. The van der Waals surface area contributed by atoms with Gasteiger partial charge >= 0.3 is 0 Å². The summed E-state index contributed by atoms with van der Waals surface area (Å²) >= 11 is 0. The Morgan fingerprint density at radius 1 is 0.408 bits per heavy atom. The standard InChI is InChI=1S/C22H46N2O.C21H44N2O/c1-5-6-7-8-9-10-11-12-13-14-15-16-17-18-19-20-22(25)23-21(2)24(3)4;1-5-7-8-9-10-11-12-13-14-15-16-17-18-19-21(24)22-20(6-2)23(3)4/h21H,5-20H2,1-4H3,(H,23,25);20H,5-19H2,1-4H3,(H,22,24). The first-order valence-corrected chi connectivity index (χ1v) is 21.6. The Morgan fingerprint density at radius 2 is 0.673 bits per heavy atom. The first kappa shape index (κ1) is 50.0. The van der Waals surface area contributed by atoms with Crippen LogP contribution in [0.3, 0.4) is 0 Å². The second-order valence-electron chi connectivity index (χ2n) is 15.4. The fourth-order valence-electron chi connectivity index (χ4n) is 6.25. The van der Waals surface area contributed by atoms with E-state index in [9.17, 15) is 9.59 Å². The third-order valence-corrected chi connectivity index (χ3v) is 10.00. The molecule has 0 fully saturated rings. The highest BCUT2D eigenvalue weighted by atomic mass is 16.2. The maximum Gasteiger partial charge on any atom is 0.221 e. The van der Waals surface area contributed by atoms with Crippen molar-refractivity contribution in [1.29, 1.82) is 0 Å². The van der Waals surface area contributed by atoms with Crippen LogP contribution < -0.4 is 10.6 Å². The lowest BCUT2D eigenvalue weighted by Gasteiger charge is -2.23. The molecule has 0 aromatic rings. The highest BCUT2D eigenvalue weighted by Gasteiger charge is 2.11. The molecular weight excluding hydrogens is 604 g/mol. The highest BCUT2D eigenvalue weighted by molar-refractivity contribution is 5.76. The predicted molar refractivity (Wildman–Crippen MR) is 217 cm³/mol. The summed E-state index contributed by atoms with van der Waals surface area (Å²) in [5.41, 5.74) is 0. The molecule has 0 saturated heterocycles. The number of nitrogens with zero attached hydrogens (tertiary/aromatic N) is 2. The molecule has 2 unspecified atom stereocenters. The van der Waals surface area contributed by atoms with Gasteiger partial charge in [0.25, 0.3) is 0 Å². The summed E-state index contributed by atoms with van der Waals surface area (Å²) in [6.45, 7) is 8.68. The Kier molecular flexibility index (Phi) is 40.4. The molecule has 0 saturated carbocycles. The Morgan fingerprint density at radius 3 is 0.918 bits per heavy atom. The zero-order valence-electron chi connectivity index (χ0n) is 34.8. The Bertz CT molecular complexity index is 685. The van der Waals surface area contributed by atoms with E-state index in [1.807, 2.05) is 40.0 Å². The van der Waals surface area contributed by atoms with Crippen molar-refractivity contribution in [2.24, 2.45) is 0 Å². The molecular formula is C43H90N4O2. The smallest absolute Gasteiger partial charge is 0.221 e. The van der Waals surface area contributed by atoms with Crippen LogP contribution in [-0.4, -0.2) is 62.1 Å². The molecule has 0 radical (unpaired) electrons. The van der Waals surface area contributed by atoms with E-state index >= 15 is 0 Å². The van der Waals surface area contributed by atoms with E-state index in [1.54, 1.807) is 0 Å². The predicted octanol–water partition coefficient (Wildman–Crippen LogP) is 12.2. The maximum absolute atomic E-state index is 11.9. The van der Waals surface area contributed by atoms with Crippen molar-refractivity contribution < 1.29 is 9.59 Å². The van der Waals surface area contributed by atoms with E-state index in [0.717, 1.165) is 19.3 Å². The minimum absolute atomic E-state index is 0.129. The number of amides is 2. The number of rotatable bonds is 35. The molecule has 0 rings (SSSR count). The van der Waals surface area contributed by atoms with Crippen LogP contribution in [0.2, 0.25) is 0 Å². The third kappa shape index (κ3) is 39.5. The van der Waals surface area contributed by atoms with Gasteiger partial charge in [0.15, 0.2) is 0 Å². The van der Waals surface area contributed by atoms with Gasteiger partial charge in [-0.1, -0.05) is 188 Å². The van der Waals surface area contributed by atoms with Crippen molar-refractivity contribution in [3.63, 3.8) is 0 Å². The maximum atomic E-state index is 11.9. The van der Waals surface area contributed by atoms with Crippen molar-refractivity contribution in [1.82, 2.24) is 20.4 Å². The molecule has 0 aliphatic rings. The summed E-state index contributed by atoms with van der Waals surface area (Å²) in [5.74, 6) is 0.398. The zero-order valence-corrected chi connectivity index (χ0v) is 34.8. The number of carbonyl (C=O) groups is 2. The van der Waals surface area contributed by atoms with Crippen LogP contribution in [0.1, 0.15) is 227 Å². The fourth-order valence-corrected chi connectivity index (χ4v) is 6.25. The average Bonchev–Trinajstić information content (AvgIpc) is 3.07. The van der Waals surface area contributed by atoms with Crippen molar-refractivity contribution in [3.8, 4) is 0 Å². The lowest BCUT2D eigenvalue weighted by molar-refractivity contribution is -0.123. The number of unbranched alkanes of at least 4 members (excludes halogenated alkanes) is 26. The largest absolute Gasteiger partial charge is 0.341 e. The monoisotopic (exact) mass is 695 g/mol. The molecule has 49 heavy (non-hydrogen) atoms. The summed E-state index contributed by atoms with van der Waals surface area (Å²) in [4.78, 5) is 27.7. The lowest BCUT2D eigenvalue weighted by Crippen LogP contribution is -2.44. The van der Waals surface area contributed by atoms with Crippen molar-refractivity contribution >= 4 is 11.8 Å². The molecule has 0 bridgehead atoms. The summed E-state index contributed by atoms with van der Waals surface area (Å²) in [6, 6.07) is 0. The topological polar surface area (TPSA) is 64.7 Å². The second kappa shape index (κ2) is 39.6. The van der Waals surface area contributed by atoms with Gasteiger partial charge in [-0.05, 0) is 54.4 Å². The molecule has 2 atom stereocenters.